The summed E-state index contributed by atoms with van der Waals surface area (Å²) in [6.45, 7) is 2.34. The Morgan fingerprint density at radius 3 is 1.81 bits per heavy atom. The molecular weight excluding hydrogens is 260 g/mol. The Labute approximate surface area is 110 Å². The van der Waals surface area contributed by atoms with Crippen LogP contribution in [0, 0.1) is 17.8 Å². The van der Waals surface area contributed by atoms with Gasteiger partial charge >= 0.3 is 0 Å². The lowest BCUT2D eigenvalue weighted by molar-refractivity contribution is 0.165. The number of hydrogen-bond donors (Lipinski definition) is 0. The smallest absolute Gasteiger partial charge is 0.0146 e. The maximum atomic E-state index is 3.77. The molecule has 0 heterocycles. The van der Waals surface area contributed by atoms with Gasteiger partial charge in [0.1, 0.15) is 0 Å². The standard InChI is InChI=1S/C15H27Br/c1-2-3-12-4-6-13(7-5-12)14-8-10-15(16)11-9-14/h12-15H,2-11H2,1H3/t12-,13-,14-,15-. The van der Waals surface area contributed by atoms with Crippen molar-refractivity contribution >= 4 is 15.9 Å². The monoisotopic (exact) mass is 286 g/mol. The molecule has 0 N–H and O–H groups in total. The van der Waals surface area contributed by atoms with Crippen LogP contribution in [0.1, 0.15) is 71.1 Å². The third-order valence-corrected chi connectivity index (χ3v) is 5.87. The molecule has 0 aromatic carbocycles. The number of hydrogen-bond acceptors (Lipinski definition) is 0. The van der Waals surface area contributed by atoms with Crippen molar-refractivity contribution in [3.63, 3.8) is 0 Å². The van der Waals surface area contributed by atoms with E-state index in [4.69, 9.17) is 0 Å². The van der Waals surface area contributed by atoms with Crippen molar-refractivity contribution in [2.24, 2.45) is 17.8 Å². The van der Waals surface area contributed by atoms with E-state index in [1.165, 1.54) is 51.4 Å². The van der Waals surface area contributed by atoms with Crippen molar-refractivity contribution in [1.29, 1.82) is 0 Å². The van der Waals surface area contributed by atoms with E-state index in [2.05, 4.69) is 22.9 Å². The van der Waals surface area contributed by atoms with Gasteiger partial charge in [-0.05, 0) is 56.3 Å². The van der Waals surface area contributed by atoms with Gasteiger partial charge in [-0.2, -0.15) is 0 Å². The molecule has 2 aliphatic carbocycles. The van der Waals surface area contributed by atoms with E-state index in [0.29, 0.717) is 0 Å². The molecule has 1 heteroatoms. The molecule has 0 amide bonds. The quantitative estimate of drug-likeness (QED) is 0.597. The second-order valence-corrected chi connectivity index (χ2v) is 7.38. The molecule has 0 aromatic rings. The molecule has 16 heavy (non-hydrogen) atoms. The molecule has 2 saturated carbocycles. The van der Waals surface area contributed by atoms with Gasteiger partial charge in [-0.15, -0.1) is 0 Å². The molecule has 0 atom stereocenters. The highest BCUT2D eigenvalue weighted by Crippen LogP contribution is 2.41. The summed E-state index contributed by atoms with van der Waals surface area (Å²) in [6.07, 6.45) is 14.9. The third kappa shape index (κ3) is 3.48. The average molecular weight is 287 g/mol. The first-order valence-corrected chi connectivity index (χ1v) is 8.35. The van der Waals surface area contributed by atoms with Gasteiger partial charge in [0.05, 0.1) is 0 Å². The summed E-state index contributed by atoms with van der Waals surface area (Å²) in [5.74, 6) is 3.25. The molecule has 0 saturated heterocycles. The van der Waals surface area contributed by atoms with Crippen LogP contribution < -0.4 is 0 Å². The Morgan fingerprint density at radius 2 is 1.31 bits per heavy atom. The molecule has 0 aliphatic heterocycles. The number of halogens is 1. The molecule has 94 valence electrons. The topological polar surface area (TPSA) is 0 Å². The maximum absolute atomic E-state index is 3.77. The molecule has 0 unspecified atom stereocenters. The van der Waals surface area contributed by atoms with Crippen molar-refractivity contribution in [1.82, 2.24) is 0 Å². The lowest BCUT2D eigenvalue weighted by atomic mass is 9.70. The van der Waals surface area contributed by atoms with Crippen LogP contribution in [-0.2, 0) is 0 Å². The van der Waals surface area contributed by atoms with E-state index in [1.54, 1.807) is 12.8 Å². The summed E-state index contributed by atoms with van der Waals surface area (Å²) >= 11 is 3.77. The first-order chi connectivity index (χ1) is 7.79. The van der Waals surface area contributed by atoms with Crippen molar-refractivity contribution in [3.05, 3.63) is 0 Å². The molecule has 0 nitrogen and oxygen atoms in total. The van der Waals surface area contributed by atoms with E-state index in [-0.39, 0.29) is 0 Å². The highest BCUT2D eigenvalue weighted by Gasteiger charge is 2.29. The maximum Gasteiger partial charge on any atom is 0.0146 e. The second-order valence-electron chi connectivity index (χ2n) is 6.08. The lowest BCUT2D eigenvalue weighted by Crippen LogP contribution is -2.25. The van der Waals surface area contributed by atoms with E-state index in [9.17, 15) is 0 Å². The molecule has 2 fully saturated rings. The Kier molecular flexibility index (Phi) is 5.19. The predicted molar refractivity (Wildman–Crippen MR) is 75.0 cm³/mol. The first-order valence-electron chi connectivity index (χ1n) is 7.43. The Hall–Kier alpha value is 0.480. The Balaban J connectivity index is 1.72. The lowest BCUT2D eigenvalue weighted by Gasteiger charge is -2.36. The highest BCUT2D eigenvalue weighted by molar-refractivity contribution is 9.09. The SMILES string of the molecule is CCC[C@H]1CC[C@H]([C@H]2CC[C@H](Br)CC2)CC1. The van der Waals surface area contributed by atoms with E-state index in [0.717, 1.165) is 22.6 Å². The van der Waals surface area contributed by atoms with Gasteiger partial charge in [-0.25, -0.2) is 0 Å². The predicted octanol–water partition coefficient (Wildman–Crippen LogP) is 5.55. The largest absolute Gasteiger partial charge is 0.0891 e. The highest BCUT2D eigenvalue weighted by atomic mass is 79.9. The minimum atomic E-state index is 0.834. The van der Waals surface area contributed by atoms with Crippen LogP contribution in [-0.4, -0.2) is 4.83 Å². The molecule has 0 bridgehead atoms. The Morgan fingerprint density at radius 1 is 0.812 bits per heavy atom. The van der Waals surface area contributed by atoms with Crippen molar-refractivity contribution in [2.45, 2.75) is 76.0 Å². The summed E-state index contributed by atoms with van der Waals surface area (Å²) in [5.41, 5.74) is 0. The van der Waals surface area contributed by atoms with Crippen LogP contribution in [0.4, 0.5) is 0 Å². The summed E-state index contributed by atoms with van der Waals surface area (Å²) in [7, 11) is 0. The van der Waals surface area contributed by atoms with Crippen LogP contribution >= 0.6 is 15.9 Å². The fourth-order valence-corrected chi connectivity index (χ4v) is 4.44. The number of alkyl halides is 1. The minimum Gasteiger partial charge on any atom is -0.0891 e. The van der Waals surface area contributed by atoms with Crippen LogP contribution in [0.3, 0.4) is 0 Å². The molecular formula is C15H27Br. The first kappa shape index (κ1) is 12.9. The van der Waals surface area contributed by atoms with Gasteiger partial charge in [-0.1, -0.05) is 48.5 Å². The van der Waals surface area contributed by atoms with Crippen molar-refractivity contribution < 1.29 is 0 Å². The van der Waals surface area contributed by atoms with Gasteiger partial charge in [-0.3, -0.25) is 0 Å². The molecule has 0 radical (unpaired) electrons. The summed E-state index contributed by atoms with van der Waals surface area (Å²) < 4.78 is 0. The van der Waals surface area contributed by atoms with E-state index in [1.807, 2.05) is 0 Å². The fourth-order valence-electron chi connectivity index (χ4n) is 3.91. The van der Waals surface area contributed by atoms with Crippen molar-refractivity contribution in [2.75, 3.05) is 0 Å². The molecule has 2 aliphatic rings. The average Bonchev–Trinajstić information content (AvgIpc) is 2.32. The van der Waals surface area contributed by atoms with Gasteiger partial charge in [0, 0.05) is 4.83 Å². The minimum absolute atomic E-state index is 0.834. The number of rotatable bonds is 3. The van der Waals surface area contributed by atoms with Crippen molar-refractivity contribution in [3.8, 4) is 0 Å². The molecule has 0 aromatic heterocycles. The zero-order chi connectivity index (χ0) is 11.4. The second kappa shape index (κ2) is 6.42. The van der Waals surface area contributed by atoms with Gasteiger partial charge in [0.25, 0.3) is 0 Å². The normalized spacial score (nSPS) is 40.9. The van der Waals surface area contributed by atoms with E-state index < -0.39 is 0 Å². The Bertz CT molecular complexity index is 186. The van der Waals surface area contributed by atoms with Gasteiger partial charge in [0.2, 0.25) is 0 Å². The van der Waals surface area contributed by atoms with Crippen LogP contribution in [0.15, 0.2) is 0 Å². The van der Waals surface area contributed by atoms with Gasteiger partial charge in [0.15, 0.2) is 0 Å². The van der Waals surface area contributed by atoms with Crippen LogP contribution in [0.5, 0.6) is 0 Å². The zero-order valence-electron chi connectivity index (χ0n) is 10.8. The summed E-state index contributed by atoms with van der Waals surface area (Å²) in [5, 5.41) is 0. The van der Waals surface area contributed by atoms with Crippen LogP contribution in [0.2, 0.25) is 0 Å². The zero-order valence-corrected chi connectivity index (χ0v) is 12.3. The van der Waals surface area contributed by atoms with Gasteiger partial charge < -0.3 is 0 Å². The van der Waals surface area contributed by atoms with E-state index >= 15 is 0 Å². The third-order valence-electron chi connectivity index (χ3n) is 4.96. The summed E-state index contributed by atoms with van der Waals surface area (Å²) in [4.78, 5) is 0.834. The molecule has 2 rings (SSSR count). The molecule has 0 spiro atoms. The fraction of sp³-hybridized carbons (Fsp3) is 1.00. The summed E-state index contributed by atoms with van der Waals surface area (Å²) in [6, 6.07) is 0. The van der Waals surface area contributed by atoms with Crippen LogP contribution in [0.25, 0.3) is 0 Å².